The highest BCUT2D eigenvalue weighted by molar-refractivity contribution is 5.75. The second kappa shape index (κ2) is 5.51. The second-order valence-corrected chi connectivity index (χ2v) is 4.82. The number of nitrogens with zero attached hydrogens (tertiary/aromatic N) is 2. The van der Waals surface area contributed by atoms with Gasteiger partial charge in [-0.15, -0.1) is 0 Å². The highest BCUT2D eigenvalue weighted by atomic mass is 16.3. The van der Waals surface area contributed by atoms with Gasteiger partial charge in [0.2, 0.25) is 0 Å². The Morgan fingerprint density at radius 3 is 2.80 bits per heavy atom. The van der Waals surface area contributed by atoms with E-state index in [1.807, 2.05) is 25.2 Å². The maximum atomic E-state index is 5.51. The van der Waals surface area contributed by atoms with Gasteiger partial charge in [0.15, 0.2) is 0 Å². The van der Waals surface area contributed by atoms with Gasteiger partial charge in [-0.05, 0) is 38.2 Å². The lowest BCUT2D eigenvalue weighted by molar-refractivity contribution is 0.421. The molecular weight excluding hydrogens is 250 g/mol. The highest BCUT2D eigenvalue weighted by Crippen LogP contribution is 2.22. The van der Waals surface area contributed by atoms with E-state index in [1.54, 1.807) is 6.26 Å². The molecule has 0 aliphatic heterocycles. The van der Waals surface area contributed by atoms with Crippen LogP contribution < -0.4 is 5.32 Å². The summed E-state index contributed by atoms with van der Waals surface area (Å²) in [6.07, 6.45) is 2.52. The molecule has 3 aromatic rings. The van der Waals surface area contributed by atoms with Crippen molar-refractivity contribution in [1.29, 1.82) is 0 Å². The molecule has 0 radical (unpaired) electrons. The number of hydrogen-bond acceptors (Lipinski definition) is 3. The van der Waals surface area contributed by atoms with Crippen LogP contribution in [0.1, 0.15) is 24.6 Å². The summed E-state index contributed by atoms with van der Waals surface area (Å²) in [6, 6.07) is 12.3. The topological polar surface area (TPSA) is 43.0 Å². The Morgan fingerprint density at radius 1 is 1.25 bits per heavy atom. The van der Waals surface area contributed by atoms with Gasteiger partial charge in [0, 0.05) is 13.0 Å². The van der Waals surface area contributed by atoms with Crippen molar-refractivity contribution >= 4 is 11.0 Å². The molecule has 2 heterocycles. The SMILES string of the molecule is CCn1c(CC(NC)c2ccco2)nc2ccccc21. The first-order valence-corrected chi connectivity index (χ1v) is 6.98. The van der Waals surface area contributed by atoms with E-state index in [0.717, 1.165) is 30.1 Å². The van der Waals surface area contributed by atoms with Crippen molar-refractivity contribution in [3.8, 4) is 0 Å². The van der Waals surface area contributed by atoms with Crippen LogP contribution in [-0.2, 0) is 13.0 Å². The minimum atomic E-state index is 0.145. The van der Waals surface area contributed by atoms with Gasteiger partial charge < -0.3 is 14.3 Å². The normalized spacial score (nSPS) is 12.9. The Balaban J connectivity index is 1.97. The molecule has 3 rings (SSSR count). The van der Waals surface area contributed by atoms with Gasteiger partial charge in [-0.25, -0.2) is 4.98 Å². The third kappa shape index (κ3) is 2.23. The minimum Gasteiger partial charge on any atom is -0.468 e. The fraction of sp³-hybridized carbons (Fsp3) is 0.312. The molecule has 0 aliphatic carbocycles. The molecule has 0 spiro atoms. The van der Waals surface area contributed by atoms with Crippen molar-refractivity contribution < 1.29 is 4.42 Å². The van der Waals surface area contributed by atoms with Crippen LogP contribution in [0.25, 0.3) is 11.0 Å². The van der Waals surface area contributed by atoms with Crippen molar-refractivity contribution in [3.63, 3.8) is 0 Å². The summed E-state index contributed by atoms with van der Waals surface area (Å²) >= 11 is 0. The summed E-state index contributed by atoms with van der Waals surface area (Å²) in [7, 11) is 1.95. The largest absolute Gasteiger partial charge is 0.468 e. The Kier molecular flexibility index (Phi) is 3.56. The van der Waals surface area contributed by atoms with Gasteiger partial charge >= 0.3 is 0 Å². The standard InChI is InChI=1S/C16H19N3O/c1-3-19-14-8-5-4-7-12(14)18-16(19)11-13(17-2)15-9-6-10-20-15/h4-10,13,17H,3,11H2,1-2H3. The van der Waals surface area contributed by atoms with Gasteiger partial charge in [0.1, 0.15) is 11.6 Å². The van der Waals surface area contributed by atoms with Crippen molar-refractivity contribution in [2.75, 3.05) is 7.05 Å². The quantitative estimate of drug-likeness (QED) is 0.773. The molecular formula is C16H19N3O. The molecule has 1 unspecified atom stereocenters. The molecule has 0 saturated heterocycles. The lowest BCUT2D eigenvalue weighted by Gasteiger charge is -2.14. The van der Waals surface area contributed by atoms with Crippen molar-refractivity contribution in [1.82, 2.24) is 14.9 Å². The van der Waals surface area contributed by atoms with E-state index in [9.17, 15) is 0 Å². The third-order valence-corrected chi connectivity index (χ3v) is 3.67. The van der Waals surface area contributed by atoms with Crippen molar-refractivity contribution in [2.24, 2.45) is 0 Å². The molecule has 0 saturated carbocycles. The number of furan rings is 1. The average molecular weight is 269 g/mol. The Bertz CT molecular complexity index is 685. The van der Waals surface area contributed by atoms with Crippen LogP contribution in [0.15, 0.2) is 47.1 Å². The van der Waals surface area contributed by atoms with Crippen LogP contribution >= 0.6 is 0 Å². The zero-order valence-corrected chi connectivity index (χ0v) is 11.8. The first kappa shape index (κ1) is 12.9. The molecule has 1 N–H and O–H groups in total. The number of imidazole rings is 1. The summed E-state index contributed by atoms with van der Waals surface area (Å²) in [4.78, 5) is 4.76. The molecule has 2 aromatic heterocycles. The van der Waals surface area contributed by atoms with Crippen LogP contribution in [0, 0.1) is 0 Å². The molecule has 1 atom stereocenters. The van der Waals surface area contributed by atoms with Crippen LogP contribution in [0.3, 0.4) is 0 Å². The second-order valence-electron chi connectivity index (χ2n) is 4.82. The number of para-hydroxylation sites is 2. The zero-order valence-electron chi connectivity index (χ0n) is 11.8. The number of nitrogens with one attached hydrogen (secondary N) is 1. The lowest BCUT2D eigenvalue weighted by Crippen LogP contribution is -2.20. The smallest absolute Gasteiger partial charge is 0.121 e. The van der Waals surface area contributed by atoms with Gasteiger partial charge in [-0.2, -0.15) is 0 Å². The monoisotopic (exact) mass is 269 g/mol. The molecule has 0 bridgehead atoms. The summed E-state index contributed by atoms with van der Waals surface area (Å²) in [6.45, 7) is 3.07. The van der Waals surface area contributed by atoms with E-state index in [0.29, 0.717) is 0 Å². The fourth-order valence-electron chi connectivity index (χ4n) is 2.65. The fourth-order valence-corrected chi connectivity index (χ4v) is 2.65. The van der Waals surface area contributed by atoms with Gasteiger partial charge in [-0.3, -0.25) is 0 Å². The summed E-state index contributed by atoms with van der Waals surface area (Å²) in [5, 5.41) is 3.30. The molecule has 0 amide bonds. The maximum absolute atomic E-state index is 5.51. The molecule has 4 heteroatoms. The van der Waals surface area contributed by atoms with E-state index in [2.05, 4.69) is 35.0 Å². The number of likely N-dealkylation sites (N-methyl/N-ethyl adjacent to an activating group) is 1. The number of benzene rings is 1. The molecule has 0 fully saturated rings. The van der Waals surface area contributed by atoms with E-state index in [-0.39, 0.29) is 6.04 Å². The van der Waals surface area contributed by atoms with Crippen LogP contribution in [-0.4, -0.2) is 16.6 Å². The highest BCUT2D eigenvalue weighted by Gasteiger charge is 2.17. The Morgan fingerprint density at radius 2 is 2.10 bits per heavy atom. The van der Waals surface area contributed by atoms with Crippen LogP contribution in [0.4, 0.5) is 0 Å². The first-order chi connectivity index (χ1) is 9.83. The number of rotatable bonds is 5. The zero-order chi connectivity index (χ0) is 13.9. The number of fused-ring (bicyclic) bond motifs is 1. The molecule has 20 heavy (non-hydrogen) atoms. The van der Waals surface area contributed by atoms with Gasteiger partial charge in [0.25, 0.3) is 0 Å². The lowest BCUT2D eigenvalue weighted by atomic mass is 10.1. The van der Waals surface area contributed by atoms with E-state index in [4.69, 9.17) is 9.40 Å². The predicted octanol–water partition coefficient (Wildman–Crippen LogP) is 3.15. The van der Waals surface area contributed by atoms with Gasteiger partial charge in [-0.1, -0.05) is 12.1 Å². The molecule has 4 nitrogen and oxygen atoms in total. The summed E-state index contributed by atoms with van der Waals surface area (Å²) < 4.78 is 7.77. The van der Waals surface area contributed by atoms with Crippen molar-refractivity contribution in [2.45, 2.75) is 25.9 Å². The minimum absolute atomic E-state index is 0.145. The predicted molar refractivity (Wildman–Crippen MR) is 79.6 cm³/mol. The van der Waals surface area contributed by atoms with Gasteiger partial charge in [0.05, 0.1) is 23.3 Å². The number of hydrogen-bond donors (Lipinski definition) is 1. The molecule has 1 aromatic carbocycles. The number of aryl methyl sites for hydroxylation is 1. The number of aromatic nitrogens is 2. The molecule has 0 aliphatic rings. The molecule has 104 valence electrons. The first-order valence-electron chi connectivity index (χ1n) is 6.98. The maximum Gasteiger partial charge on any atom is 0.121 e. The average Bonchev–Trinajstić information content (AvgIpc) is 3.11. The van der Waals surface area contributed by atoms with Crippen LogP contribution in [0.2, 0.25) is 0 Å². The van der Waals surface area contributed by atoms with Crippen molar-refractivity contribution in [3.05, 3.63) is 54.2 Å². The summed E-state index contributed by atoms with van der Waals surface area (Å²) in [5.41, 5.74) is 2.25. The van der Waals surface area contributed by atoms with Crippen LogP contribution in [0.5, 0.6) is 0 Å². The van der Waals surface area contributed by atoms with E-state index < -0.39 is 0 Å². The third-order valence-electron chi connectivity index (χ3n) is 3.67. The van der Waals surface area contributed by atoms with E-state index in [1.165, 1.54) is 5.52 Å². The summed E-state index contributed by atoms with van der Waals surface area (Å²) in [5.74, 6) is 2.03. The Hall–Kier alpha value is -2.07. The Labute approximate surface area is 118 Å². The van der Waals surface area contributed by atoms with E-state index >= 15 is 0 Å².